The summed E-state index contributed by atoms with van der Waals surface area (Å²) in [5.74, 6) is 0.0585. The fourth-order valence-corrected chi connectivity index (χ4v) is 8.08. The largest absolute Gasteiger partial charge is 0.482 e. The molecular formula is C31H38N2O7S3. The number of aryl methyl sites for hydroxylation is 2. The Morgan fingerprint density at radius 2 is 1.60 bits per heavy atom. The Balaban J connectivity index is 1.86. The van der Waals surface area contributed by atoms with E-state index in [4.69, 9.17) is 14.2 Å². The van der Waals surface area contributed by atoms with Crippen LogP contribution in [-0.4, -0.2) is 50.8 Å². The van der Waals surface area contributed by atoms with Crippen molar-refractivity contribution in [3.8, 4) is 16.9 Å². The van der Waals surface area contributed by atoms with Gasteiger partial charge < -0.3 is 14.2 Å². The third-order valence-corrected chi connectivity index (χ3v) is 9.86. The second-order valence-electron chi connectivity index (χ2n) is 11.7. The molecule has 1 amide bonds. The lowest BCUT2D eigenvalue weighted by Crippen LogP contribution is -2.29. The molecule has 0 bridgehead atoms. The van der Waals surface area contributed by atoms with E-state index in [1.54, 1.807) is 72.1 Å². The van der Waals surface area contributed by atoms with E-state index in [0.717, 1.165) is 22.3 Å². The number of thioether (sulfide) groups is 1. The number of carbonyl (C=O) groups is 2. The second kappa shape index (κ2) is 13.5. The molecule has 0 unspecified atom stereocenters. The first-order valence-corrected chi connectivity index (χ1v) is 16.9. The first-order valence-electron chi connectivity index (χ1n) is 13.4. The van der Waals surface area contributed by atoms with E-state index >= 15 is 0 Å². The Bertz CT molecular complexity index is 1610. The van der Waals surface area contributed by atoms with Crippen LogP contribution in [0.4, 0.5) is 4.79 Å². The van der Waals surface area contributed by atoms with Crippen LogP contribution in [-0.2, 0) is 24.1 Å². The van der Waals surface area contributed by atoms with Gasteiger partial charge >= 0.3 is 12.1 Å². The average molecular weight is 647 g/mol. The van der Waals surface area contributed by atoms with Gasteiger partial charge in [-0.05, 0) is 114 Å². The maximum Gasteiger partial charge on any atom is 0.428 e. The molecule has 1 heterocycles. The van der Waals surface area contributed by atoms with E-state index in [0.29, 0.717) is 14.8 Å². The minimum atomic E-state index is -3.88. The zero-order valence-corrected chi connectivity index (χ0v) is 28.3. The Hall–Kier alpha value is -3.35. The maximum absolute atomic E-state index is 13.8. The standard InChI is InChI=1S/C31H38N2O7S3/c1-19-13-22(38-18-26(34)39-30(3,4)5)14-20(2)27(19)21-11-10-12-24(15-21)43(36,37)25-16-23(42-28(25)41-9)17-32-33-29(35)40-31(6,7)8/h10-17H,18H2,1-9H3,(H,33,35). The Morgan fingerprint density at radius 3 is 2.19 bits per heavy atom. The SMILES string of the molecule is CSc1sc(C=NNC(=O)OC(C)(C)C)cc1S(=O)(=O)c1cccc(-c2c(C)cc(OCC(=O)OC(C)(C)C)cc2C)c1. The Morgan fingerprint density at radius 1 is 0.977 bits per heavy atom. The number of hydrazone groups is 1. The highest BCUT2D eigenvalue weighted by Gasteiger charge is 2.25. The van der Waals surface area contributed by atoms with E-state index in [-0.39, 0.29) is 16.4 Å². The van der Waals surface area contributed by atoms with Crippen LogP contribution in [0.1, 0.15) is 57.5 Å². The molecule has 0 fully saturated rings. The summed E-state index contributed by atoms with van der Waals surface area (Å²) in [6.07, 6.45) is 2.49. The molecule has 3 rings (SSSR count). The van der Waals surface area contributed by atoms with Crippen molar-refractivity contribution in [3.05, 3.63) is 58.5 Å². The second-order valence-corrected chi connectivity index (χ2v) is 15.8. The van der Waals surface area contributed by atoms with Gasteiger partial charge in [0, 0.05) is 4.88 Å². The van der Waals surface area contributed by atoms with E-state index < -0.39 is 33.1 Å². The zero-order chi connectivity index (χ0) is 32.2. The number of nitrogens with zero attached hydrogens (tertiary/aromatic N) is 1. The van der Waals surface area contributed by atoms with Gasteiger partial charge in [0.05, 0.1) is 20.2 Å². The van der Waals surface area contributed by atoms with Crippen LogP contribution in [0.5, 0.6) is 5.75 Å². The lowest BCUT2D eigenvalue weighted by Gasteiger charge is -2.20. The molecule has 9 nitrogen and oxygen atoms in total. The fourth-order valence-electron chi connectivity index (χ4n) is 4.14. The molecule has 1 aromatic heterocycles. The fraction of sp³-hybridized carbons (Fsp3) is 0.387. The van der Waals surface area contributed by atoms with Gasteiger partial charge in [0.2, 0.25) is 9.84 Å². The number of rotatable bonds is 9. The molecule has 0 saturated carbocycles. The summed E-state index contributed by atoms with van der Waals surface area (Å²) in [5, 5.41) is 3.91. The van der Waals surface area contributed by atoms with E-state index in [9.17, 15) is 18.0 Å². The van der Waals surface area contributed by atoms with E-state index in [1.807, 2.05) is 32.0 Å². The summed E-state index contributed by atoms with van der Waals surface area (Å²) in [6, 6.07) is 12.0. The molecule has 12 heteroatoms. The normalized spacial score (nSPS) is 12.3. The third-order valence-electron chi connectivity index (χ3n) is 5.62. The van der Waals surface area contributed by atoms with Crippen LogP contribution in [0.2, 0.25) is 0 Å². The third kappa shape index (κ3) is 9.57. The topological polar surface area (TPSA) is 120 Å². The Labute approximate surface area is 261 Å². The van der Waals surface area contributed by atoms with Crippen molar-refractivity contribution in [1.29, 1.82) is 0 Å². The van der Waals surface area contributed by atoms with Crippen molar-refractivity contribution >= 4 is 51.2 Å². The number of hydrogen-bond acceptors (Lipinski definition) is 10. The summed E-state index contributed by atoms with van der Waals surface area (Å²) in [6.45, 7) is 14.2. The quantitative estimate of drug-likeness (QED) is 0.113. The minimum absolute atomic E-state index is 0.150. The van der Waals surface area contributed by atoms with Crippen molar-refractivity contribution in [2.24, 2.45) is 5.10 Å². The molecule has 1 N–H and O–H groups in total. The van der Waals surface area contributed by atoms with Gasteiger partial charge in [-0.1, -0.05) is 12.1 Å². The van der Waals surface area contributed by atoms with Crippen LogP contribution >= 0.6 is 23.1 Å². The van der Waals surface area contributed by atoms with Gasteiger partial charge in [-0.15, -0.1) is 23.1 Å². The number of carbonyl (C=O) groups excluding carboxylic acids is 2. The predicted molar refractivity (Wildman–Crippen MR) is 171 cm³/mol. The number of thiophene rings is 1. The number of nitrogens with one attached hydrogen (secondary N) is 1. The number of sulfone groups is 1. The summed E-state index contributed by atoms with van der Waals surface area (Å²) in [7, 11) is -3.88. The summed E-state index contributed by atoms with van der Waals surface area (Å²) in [4.78, 5) is 24.8. The van der Waals surface area contributed by atoms with Crippen molar-refractivity contribution < 1.29 is 32.2 Å². The number of benzene rings is 2. The summed E-state index contributed by atoms with van der Waals surface area (Å²) >= 11 is 2.58. The van der Waals surface area contributed by atoms with E-state index in [1.165, 1.54) is 29.3 Å². The smallest absolute Gasteiger partial charge is 0.428 e. The lowest BCUT2D eigenvalue weighted by atomic mass is 9.95. The molecule has 3 aromatic rings. The molecule has 232 valence electrons. The van der Waals surface area contributed by atoms with Crippen LogP contribution < -0.4 is 10.2 Å². The first-order chi connectivity index (χ1) is 19.9. The van der Waals surface area contributed by atoms with Crippen LogP contribution in [0, 0.1) is 13.8 Å². The van der Waals surface area contributed by atoms with Gasteiger partial charge in [0.15, 0.2) is 6.61 Å². The van der Waals surface area contributed by atoms with Crippen LogP contribution in [0.15, 0.2) is 61.6 Å². The molecule has 0 radical (unpaired) electrons. The van der Waals surface area contributed by atoms with E-state index in [2.05, 4.69) is 10.5 Å². The number of hydrogen-bond donors (Lipinski definition) is 1. The molecule has 43 heavy (non-hydrogen) atoms. The number of amides is 1. The van der Waals surface area contributed by atoms with Crippen LogP contribution in [0.25, 0.3) is 11.1 Å². The highest BCUT2D eigenvalue weighted by Crippen LogP contribution is 2.38. The molecular weight excluding hydrogens is 609 g/mol. The summed E-state index contributed by atoms with van der Waals surface area (Å²) < 4.78 is 44.4. The molecule has 0 spiro atoms. The van der Waals surface area contributed by atoms with Crippen molar-refractivity contribution in [1.82, 2.24) is 5.43 Å². The molecule has 0 aliphatic heterocycles. The van der Waals surface area contributed by atoms with Crippen molar-refractivity contribution in [2.45, 2.75) is 80.6 Å². The number of esters is 1. The zero-order valence-electron chi connectivity index (χ0n) is 25.9. The van der Waals surface area contributed by atoms with Gasteiger partial charge in [-0.3, -0.25) is 0 Å². The average Bonchev–Trinajstić information content (AvgIpc) is 3.29. The molecule has 0 atom stereocenters. The van der Waals surface area contributed by atoms with Gasteiger partial charge in [-0.2, -0.15) is 5.10 Å². The van der Waals surface area contributed by atoms with Gasteiger partial charge in [0.25, 0.3) is 0 Å². The van der Waals surface area contributed by atoms with Crippen molar-refractivity contribution in [2.75, 3.05) is 12.9 Å². The molecule has 0 aliphatic carbocycles. The lowest BCUT2D eigenvalue weighted by molar-refractivity contribution is -0.157. The highest BCUT2D eigenvalue weighted by atomic mass is 32.2. The Kier molecular flexibility index (Phi) is 10.7. The summed E-state index contributed by atoms with van der Waals surface area (Å²) in [5.41, 5.74) is 4.36. The van der Waals surface area contributed by atoms with Crippen LogP contribution in [0.3, 0.4) is 0 Å². The molecule has 0 saturated heterocycles. The minimum Gasteiger partial charge on any atom is -0.482 e. The van der Waals surface area contributed by atoms with Gasteiger partial charge in [-0.25, -0.2) is 23.4 Å². The first kappa shape index (κ1) is 34.1. The predicted octanol–water partition coefficient (Wildman–Crippen LogP) is 7.17. The molecule has 2 aromatic carbocycles. The number of ether oxygens (including phenoxy) is 3. The van der Waals surface area contributed by atoms with Gasteiger partial charge in [0.1, 0.15) is 17.0 Å². The molecule has 0 aliphatic rings. The monoisotopic (exact) mass is 646 g/mol. The van der Waals surface area contributed by atoms with Crippen molar-refractivity contribution in [3.63, 3.8) is 0 Å². The highest BCUT2D eigenvalue weighted by molar-refractivity contribution is 8.01. The maximum atomic E-state index is 13.8.